The standard InChI is InChI=1S/C21H30N2O6/c1-21(2,3)29-20(27)23-11-7-10-16(13-23)12-17(18(24)25)22-19(26)28-14-15-8-5-4-6-9-15/h4-6,8-9,16-17H,7,10-14H2,1-3H3,(H,22,26)(H,24,25)/t16?,17-/m0/s1. The van der Waals surface area contributed by atoms with Gasteiger partial charge in [-0.15, -0.1) is 0 Å². The maximum Gasteiger partial charge on any atom is 0.410 e. The molecule has 1 aromatic rings. The monoisotopic (exact) mass is 406 g/mol. The van der Waals surface area contributed by atoms with Gasteiger partial charge in [-0.1, -0.05) is 30.3 Å². The molecule has 1 aliphatic rings. The first-order valence-corrected chi connectivity index (χ1v) is 9.82. The van der Waals surface area contributed by atoms with Crippen molar-refractivity contribution in [3.8, 4) is 0 Å². The number of carboxylic acids is 1. The van der Waals surface area contributed by atoms with Crippen molar-refractivity contribution in [1.29, 1.82) is 0 Å². The number of nitrogens with zero attached hydrogens (tertiary/aromatic N) is 1. The Morgan fingerprint density at radius 2 is 1.93 bits per heavy atom. The molecule has 0 radical (unpaired) electrons. The summed E-state index contributed by atoms with van der Waals surface area (Å²) in [6, 6.07) is 8.06. The van der Waals surface area contributed by atoms with Crippen LogP contribution in [0.1, 0.15) is 45.6 Å². The van der Waals surface area contributed by atoms with E-state index in [1.54, 1.807) is 25.7 Å². The number of ether oxygens (including phenoxy) is 2. The molecule has 8 nitrogen and oxygen atoms in total. The van der Waals surface area contributed by atoms with E-state index in [0.29, 0.717) is 13.1 Å². The predicted molar refractivity (Wildman–Crippen MR) is 106 cm³/mol. The van der Waals surface area contributed by atoms with Crippen LogP contribution in [0.3, 0.4) is 0 Å². The summed E-state index contributed by atoms with van der Waals surface area (Å²) in [7, 11) is 0. The van der Waals surface area contributed by atoms with Gasteiger partial charge >= 0.3 is 18.2 Å². The third-order valence-electron chi connectivity index (χ3n) is 4.54. The molecule has 8 heteroatoms. The Kier molecular flexibility index (Phi) is 7.87. The molecule has 0 aromatic heterocycles. The van der Waals surface area contributed by atoms with Crippen molar-refractivity contribution in [2.75, 3.05) is 13.1 Å². The van der Waals surface area contributed by atoms with Gasteiger partial charge in [-0.25, -0.2) is 14.4 Å². The van der Waals surface area contributed by atoms with Crippen LogP contribution in [0.25, 0.3) is 0 Å². The molecular weight excluding hydrogens is 376 g/mol. The summed E-state index contributed by atoms with van der Waals surface area (Å²) in [6.07, 6.45) is 0.582. The minimum atomic E-state index is -1.13. The number of likely N-dealkylation sites (tertiary alicyclic amines) is 1. The molecule has 1 saturated heterocycles. The second-order valence-electron chi connectivity index (χ2n) is 8.27. The van der Waals surface area contributed by atoms with Gasteiger partial charge in [0.2, 0.25) is 0 Å². The summed E-state index contributed by atoms with van der Waals surface area (Å²) in [6.45, 7) is 6.46. The van der Waals surface area contributed by atoms with Crippen LogP contribution in [0.4, 0.5) is 9.59 Å². The molecule has 1 fully saturated rings. The molecular formula is C21H30N2O6. The molecule has 0 saturated carbocycles. The van der Waals surface area contributed by atoms with Crippen molar-refractivity contribution in [2.45, 2.75) is 58.3 Å². The van der Waals surface area contributed by atoms with Gasteiger partial charge in [-0.3, -0.25) is 0 Å². The first kappa shape index (κ1) is 22.5. The number of nitrogens with one attached hydrogen (secondary N) is 1. The van der Waals surface area contributed by atoms with Crippen molar-refractivity contribution in [2.24, 2.45) is 5.92 Å². The minimum absolute atomic E-state index is 0.0493. The van der Waals surface area contributed by atoms with E-state index in [0.717, 1.165) is 18.4 Å². The molecule has 2 amide bonds. The number of alkyl carbamates (subject to hydrolysis) is 1. The molecule has 1 unspecified atom stereocenters. The number of carbonyl (C=O) groups excluding carboxylic acids is 2. The Morgan fingerprint density at radius 1 is 1.24 bits per heavy atom. The number of hydrogen-bond acceptors (Lipinski definition) is 5. The van der Waals surface area contributed by atoms with Crippen LogP contribution in [0.5, 0.6) is 0 Å². The fourth-order valence-corrected chi connectivity index (χ4v) is 3.21. The van der Waals surface area contributed by atoms with Crippen LogP contribution < -0.4 is 5.32 Å². The first-order valence-electron chi connectivity index (χ1n) is 9.82. The predicted octanol–water partition coefficient (Wildman–Crippen LogP) is 3.40. The number of rotatable bonds is 6. The van der Waals surface area contributed by atoms with Crippen LogP contribution in [-0.2, 0) is 20.9 Å². The fourth-order valence-electron chi connectivity index (χ4n) is 3.21. The molecule has 1 aliphatic heterocycles. The second-order valence-corrected chi connectivity index (χ2v) is 8.27. The number of carboxylic acid groups (broad SMARTS) is 1. The van der Waals surface area contributed by atoms with Gasteiger partial charge in [0.1, 0.15) is 18.2 Å². The van der Waals surface area contributed by atoms with Crippen molar-refractivity contribution in [3.05, 3.63) is 35.9 Å². The molecule has 0 bridgehead atoms. The average molecular weight is 406 g/mol. The molecule has 0 aliphatic carbocycles. The Bertz CT molecular complexity index is 701. The highest BCUT2D eigenvalue weighted by molar-refractivity contribution is 5.79. The number of amides is 2. The molecule has 0 spiro atoms. The Hall–Kier alpha value is -2.77. The zero-order chi connectivity index (χ0) is 21.4. The fraction of sp³-hybridized carbons (Fsp3) is 0.571. The van der Waals surface area contributed by atoms with Gasteiger partial charge in [0.05, 0.1) is 0 Å². The zero-order valence-electron chi connectivity index (χ0n) is 17.2. The SMILES string of the molecule is CC(C)(C)OC(=O)N1CCCC(C[C@H](NC(=O)OCc2ccccc2)C(=O)O)C1. The summed E-state index contributed by atoms with van der Waals surface area (Å²) in [5.74, 6) is -1.18. The number of hydrogen-bond donors (Lipinski definition) is 2. The molecule has 1 aromatic carbocycles. The highest BCUT2D eigenvalue weighted by atomic mass is 16.6. The molecule has 2 N–H and O–H groups in total. The third kappa shape index (κ3) is 8.01. The summed E-state index contributed by atoms with van der Waals surface area (Å²) in [4.78, 5) is 37.5. The molecule has 160 valence electrons. The van der Waals surface area contributed by atoms with Crippen molar-refractivity contribution in [3.63, 3.8) is 0 Å². The maximum absolute atomic E-state index is 12.3. The molecule has 2 atom stereocenters. The summed E-state index contributed by atoms with van der Waals surface area (Å²) in [5, 5.41) is 11.9. The van der Waals surface area contributed by atoms with Crippen molar-refractivity contribution >= 4 is 18.2 Å². The Balaban J connectivity index is 1.86. The molecule has 2 rings (SSSR count). The third-order valence-corrected chi connectivity index (χ3v) is 4.54. The van der Waals surface area contributed by atoms with Crippen LogP contribution >= 0.6 is 0 Å². The molecule has 1 heterocycles. The lowest BCUT2D eigenvalue weighted by atomic mass is 9.91. The van der Waals surface area contributed by atoms with E-state index >= 15 is 0 Å². The van der Waals surface area contributed by atoms with Gasteiger partial charge in [0, 0.05) is 13.1 Å². The number of aliphatic carboxylic acids is 1. The quantitative estimate of drug-likeness (QED) is 0.750. The number of benzene rings is 1. The minimum Gasteiger partial charge on any atom is -0.480 e. The highest BCUT2D eigenvalue weighted by Crippen LogP contribution is 2.23. The Morgan fingerprint density at radius 3 is 2.55 bits per heavy atom. The van der Waals surface area contributed by atoms with Gasteiger partial charge in [0.15, 0.2) is 0 Å². The number of piperidine rings is 1. The van der Waals surface area contributed by atoms with E-state index in [-0.39, 0.29) is 18.9 Å². The smallest absolute Gasteiger partial charge is 0.410 e. The summed E-state index contributed by atoms with van der Waals surface area (Å²) in [5.41, 5.74) is 0.229. The normalized spacial score (nSPS) is 17.9. The zero-order valence-corrected chi connectivity index (χ0v) is 17.2. The van der Waals surface area contributed by atoms with Crippen LogP contribution in [-0.4, -0.2) is 52.9 Å². The van der Waals surface area contributed by atoms with Gasteiger partial charge in [-0.05, 0) is 51.5 Å². The lowest BCUT2D eigenvalue weighted by molar-refractivity contribution is -0.140. The van der Waals surface area contributed by atoms with E-state index < -0.39 is 29.8 Å². The first-order chi connectivity index (χ1) is 13.6. The van der Waals surface area contributed by atoms with E-state index in [1.807, 2.05) is 30.3 Å². The van der Waals surface area contributed by atoms with Gasteiger partial charge < -0.3 is 24.8 Å². The van der Waals surface area contributed by atoms with E-state index in [1.165, 1.54) is 0 Å². The van der Waals surface area contributed by atoms with E-state index in [9.17, 15) is 19.5 Å². The number of carbonyl (C=O) groups is 3. The Labute approximate surface area is 171 Å². The topological polar surface area (TPSA) is 105 Å². The van der Waals surface area contributed by atoms with Gasteiger partial charge in [0.25, 0.3) is 0 Å². The van der Waals surface area contributed by atoms with Crippen molar-refractivity contribution < 1.29 is 29.0 Å². The summed E-state index contributed by atoms with van der Waals surface area (Å²) >= 11 is 0. The highest BCUT2D eigenvalue weighted by Gasteiger charge is 2.31. The average Bonchev–Trinajstić information content (AvgIpc) is 2.65. The largest absolute Gasteiger partial charge is 0.480 e. The summed E-state index contributed by atoms with van der Waals surface area (Å²) < 4.78 is 10.5. The van der Waals surface area contributed by atoms with E-state index in [2.05, 4.69) is 5.32 Å². The molecule has 29 heavy (non-hydrogen) atoms. The second kappa shape index (κ2) is 10.1. The van der Waals surface area contributed by atoms with Crippen LogP contribution in [0, 0.1) is 5.92 Å². The van der Waals surface area contributed by atoms with E-state index in [4.69, 9.17) is 9.47 Å². The maximum atomic E-state index is 12.3. The van der Waals surface area contributed by atoms with Crippen molar-refractivity contribution in [1.82, 2.24) is 10.2 Å². The van der Waals surface area contributed by atoms with Gasteiger partial charge in [-0.2, -0.15) is 0 Å². The van der Waals surface area contributed by atoms with Crippen LogP contribution in [0.2, 0.25) is 0 Å². The van der Waals surface area contributed by atoms with Crippen LogP contribution in [0.15, 0.2) is 30.3 Å². The lowest BCUT2D eigenvalue weighted by Crippen LogP contribution is -2.47. The lowest BCUT2D eigenvalue weighted by Gasteiger charge is -2.35.